The van der Waals surface area contributed by atoms with Crippen LogP contribution in [-0.2, 0) is 21.2 Å². The Bertz CT molecular complexity index is 1250. The van der Waals surface area contributed by atoms with Gasteiger partial charge in [-0.15, -0.1) is 20.4 Å². The Morgan fingerprint density at radius 3 is 2.62 bits per heavy atom. The van der Waals surface area contributed by atoms with Crippen LogP contribution < -0.4 is 9.62 Å². The average molecular weight is 563 g/mol. The molecule has 0 saturated carbocycles. The molecule has 37 heavy (non-hydrogen) atoms. The molecule has 1 aliphatic rings. The van der Waals surface area contributed by atoms with Gasteiger partial charge in [-0.1, -0.05) is 25.2 Å². The van der Waals surface area contributed by atoms with Crippen molar-refractivity contribution in [1.29, 1.82) is 0 Å². The van der Waals surface area contributed by atoms with Gasteiger partial charge in [0.1, 0.15) is 5.69 Å². The molecule has 0 saturated heterocycles. The number of carbonyl (C=O) groups is 1. The van der Waals surface area contributed by atoms with Crippen molar-refractivity contribution in [1.82, 2.24) is 10.2 Å². The predicted molar refractivity (Wildman–Crippen MR) is 135 cm³/mol. The van der Waals surface area contributed by atoms with E-state index in [0.717, 1.165) is 41.9 Å². The first-order chi connectivity index (χ1) is 17.3. The minimum atomic E-state index is -4.92. The fourth-order valence-corrected chi connectivity index (χ4v) is 5.56. The number of halogens is 3. The first-order valence-corrected chi connectivity index (χ1v) is 14.3. The molecule has 1 atom stereocenters. The molecule has 10 nitrogen and oxygen atoms in total. The van der Waals surface area contributed by atoms with E-state index in [0.29, 0.717) is 13.0 Å². The van der Waals surface area contributed by atoms with Crippen LogP contribution in [0.4, 0.5) is 35.4 Å². The molecule has 0 radical (unpaired) electrons. The number of rotatable bonds is 10. The van der Waals surface area contributed by atoms with Gasteiger partial charge in [0.15, 0.2) is 5.75 Å². The number of alkyl halides is 3. The van der Waals surface area contributed by atoms with Crippen molar-refractivity contribution in [3.8, 4) is 0 Å². The quantitative estimate of drug-likeness (QED) is 0.288. The summed E-state index contributed by atoms with van der Waals surface area (Å²) in [6.45, 7) is 8.15. The second kappa shape index (κ2) is 11.7. The number of aromatic nitrogens is 2. The topological polar surface area (TPSA) is 126 Å². The van der Waals surface area contributed by atoms with Gasteiger partial charge in [-0.05, 0) is 57.2 Å². The molecule has 1 aliphatic heterocycles. The number of nitrogens with zero attached hydrogens (tertiary/aromatic N) is 5. The third-order valence-electron chi connectivity index (χ3n) is 5.42. The maximum Gasteiger partial charge on any atom is 0.404 e. The first-order valence-electron chi connectivity index (χ1n) is 11.8. The zero-order valence-electron chi connectivity index (χ0n) is 20.9. The maximum atomic E-state index is 12.9. The molecule has 2 aromatic rings. The summed E-state index contributed by atoms with van der Waals surface area (Å²) in [6, 6.07) is 3.36. The number of benzene rings is 1. The van der Waals surface area contributed by atoms with E-state index in [1.165, 1.54) is 6.07 Å². The maximum absolute atomic E-state index is 12.9. The van der Waals surface area contributed by atoms with Gasteiger partial charge in [0.05, 0.1) is 11.8 Å². The molecule has 3 rings (SSSR count). The molecular formula is C22H29F3N6O4S2. The van der Waals surface area contributed by atoms with Gasteiger partial charge in [0, 0.05) is 18.3 Å². The summed E-state index contributed by atoms with van der Waals surface area (Å²) in [5, 5.41) is 15.5. The van der Waals surface area contributed by atoms with Gasteiger partial charge in [-0.25, -0.2) is 13.2 Å². The number of ether oxygens (including phenoxy) is 1. The second-order valence-corrected chi connectivity index (χ2v) is 11.5. The molecule has 1 unspecified atom stereocenters. The van der Waals surface area contributed by atoms with Gasteiger partial charge in [0.2, 0.25) is 15.0 Å². The Morgan fingerprint density at radius 1 is 1.27 bits per heavy atom. The van der Waals surface area contributed by atoms with E-state index in [1.54, 1.807) is 19.9 Å². The van der Waals surface area contributed by atoms with Gasteiger partial charge < -0.3 is 9.64 Å². The van der Waals surface area contributed by atoms with Crippen molar-refractivity contribution in [2.75, 3.05) is 21.9 Å². The van der Waals surface area contributed by atoms with Crippen LogP contribution in [0.25, 0.3) is 0 Å². The van der Waals surface area contributed by atoms with E-state index >= 15 is 0 Å². The van der Waals surface area contributed by atoms with Crippen molar-refractivity contribution in [3.63, 3.8) is 0 Å². The van der Waals surface area contributed by atoms with E-state index in [1.807, 2.05) is 11.6 Å². The Kier molecular flexibility index (Phi) is 9.10. The highest BCUT2D eigenvalue weighted by Gasteiger charge is 2.36. The number of esters is 1. The van der Waals surface area contributed by atoms with Crippen LogP contribution in [0.3, 0.4) is 0 Å². The molecule has 0 spiro atoms. The Balaban J connectivity index is 2.01. The number of aryl methyl sites for hydroxylation is 1. The van der Waals surface area contributed by atoms with Crippen molar-refractivity contribution in [2.45, 2.75) is 71.7 Å². The van der Waals surface area contributed by atoms with Crippen LogP contribution >= 0.6 is 11.3 Å². The van der Waals surface area contributed by atoms with Crippen LogP contribution in [0.5, 0.6) is 0 Å². The highest BCUT2D eigenvalue weighted by Crippen LogP contribution is 2.40. The normalized spacial score (nSPS) is 16.3. The van der Waals surface area contributed by atoms with E-state index in [2.05, 4.69) is 32.2 Å². The summed E-state index contributed by atoms with van der Waals surface area (Å²) >= 11 is 0.815. The standard InChI is InChI=1S/C22H29F3N6O4S2/c1-5-9-31-15(6-2)8-7-14-10-16(17(11-18(14)31)30-37(33,34)12-22(23,24)25)26-28-21-29-27-19(36-21)20(32)35-13(3)4/h10-11,13,15,30H,5-9,12H2,1-4H3. The van der Waals surface area contributed by atoms with Crippen molar-refractivity contribution in [2.24, 2.45) is 10.2 Å². The molecule has 0 amide bonds. The lowest BCUT2D eigenvalue weighted by Gasteiger charge is -2.39. The molecule has 2 heterocycles. The zero-order valence-corrected chi connectivity index (χ0v) is 22.5. The molecule has 1 aromatic heterocycles. The predicted octanol–water partition coefficient (Wildman–Crippen LogP) is 5.76. The van der Waals surface area contributed by atoms with Gasteiger partial charge in [-0.3, -0.25) is 4.72 Å². The molecule has 204 valence electrons. The molecule has 1 aromatic carbocycles. The van der Waals surface area contributed by atoms with Crippen LogP contribution in [0, 0.1) is 0 Å². The third kappa shape index (κ3) is 7.84. The third-order valence-corrected chi connectivity index (χ3v) is 7.45. The van der Waals surface area contributed by atoms with Crippen LogP contribution in [0.15, 0.2) is 22.4 Å². The number of hydrogen-bond donors (Lipinski definition) is 1. The number of nitrogens with one attached hydrogen (secondary N) is 1. The van der Waals surface area contributed by atoms with Gasteiger partial charge in [-0.2, -0.15) is 13.2 Å². The van der Waals surface area contributed by atoms with Crippen molar-refractivity contribution < 1.29 is 31.1 Å². The summed E-state index contributed by atoms with van der Waals surface area (Å²) in [7, 11) is -4.77. The lowest BCUT2D eigenvalue weighted by molar-refractivity contribution is -0.106. The Hall–Kier alpha value is -2.81. The highest BCUT2D eigenvalue weighted by molar-refractivity contribution is 7.92. The SMILES string of the molecule is CCCN1c2cc(NS(=O)(=O)CC(F)(F)F)c(N=Nc3nnc(C(=O)OC(C)C)s3)cc2CCC1CC. The number of carbonyl (C=O) groups excluding carboxylic acids is 1. The molecular weight excluding hydrogens is 533 g/mol. The van der Waals surface area contributed by atoms with Crippen LogP contribution in [0.1, 0.15) is 62.3 Å². The zero-order chi connectivity index (χ0) is 27.4. The first kappa shape index (κ1) is 28.8. The minimum Gasteiger partial charge on any atom is -0.458 e. The number of azo groups is 1. The van der Waals surface area contributed by atoms with Crippen molar-refractivity contribution in [3.05, 3.63) is 22.7 Å². The molecule has 15 heteroatoms. The lowest BCUT2D eigenvalue weighted by Crippen LogP contribution is -2.39. The number of sulfonamides is 1. The van der Waals surface area contributed by atoms with Crippen LogP contribution in [-0.4, -0.2) is 55.2 Å². The van der Waals surface area contributed by atoms with Crippen LogP contribution in [0.2, 0.25) is 0 Å². The van der Waals surface area contributed by atoms with Gasteiger partial charge >= 0.3 is 12.1 Å². The van der Waals surface area contributed by atoms with Gasteiger partial charge in [0.25, 0.3) is 5.13 Å². The summed E-state index contributed by atoms with van der Waals surface area (Å²) in [5.74, 6) is -2.72. The summed E-state index contributed by atoms with van der Waals surface area (Å²) in [4.78, 5) is 14.2. The molecule has 0 fully saturated rings. The fraction of sp³-hybridized carbons (Fsp3) is 0.591. The lowest BCUT2D eigenvalue weighted by atomic mass is 9.93. The smallest absolute Gasteiger partial charge is 0.404 e. The van der Waals surface area contributed by atoms with E-state index < -0.39 is 27.9 Å². The largest absolute Gasteiger partial charge is 0.458 e. The average Bonchev–Trinajstić information content (AvgIpc) is 3.25. The fourth-order valence-electron chi connectivity index (χ4n) is 4.01. The monoisotopic (exact) mass is 562 g/mol. The molecule has 0 aliphatic carbocycles. The van der Waals surface area contributed by atoms with Crippen molar-refractivity contribution >= 4 is 49.5 Å². The summed E-state index contributed by atoms with van der Waals surface area (Å²) < 4.78 is 70.4. The number of hydrogen-bond acceptors (Lipinski definition) is 10. The molecule has 0 bridgehead atoms. The van der Waals surface area contributed by atoms with E-state index in [-0.39, 0.29) is 33.7 Å². The highest BCUT2D eigenvalue weighted by atomic mass is 32.2. The number of anilines is 2. The summed E-state index contributed by atoms with van der Waals surface area (Å²) in [5.41, 5.74) is 1.52. The second-order valence-electron chi connectivity index (χ2n) is 8.81. The number of fused-ring (bicyclic) bond motifs is 1. The summed E-state index contributed by atoms with van der Waals surface area (Å²) in [6.07, 6.45) is -2.01. The molecule has 1 N–H and O–H groups in total. The Morgan fingerprint density at radius 2 is 2.00 bits per heavy atom. The van der Waals surface area contributed by atoms with E-state index in [9.17, 15) is 26.4 Å². The van der Waals surface area contributed by atoms with E-state index in [4.69, 9.17) is 4.74 Å². The minimum absolute atomic E-state index is 0.00354. The Labute approximate surface area is 217 Å².